The first kappa shape index (κ1) is 16.5. The molecule has 1 aliphatic heterocycles. The second-order valence-electron chi connectivity index (χ2n) is 6.21. The van der Waals surface area contributed by atoms with Gasteiger partial charge in [-0.05, 0) is 37.1 Å². The van der Waals surface area contributed by atoms with Gasteiger partial charge in [-0.3, -0.25) is 19.6 Å². The SMILES string of the molecule is Cc1cc(C(=O)Nc2nc(-c3ccc4c(c3)CCC(=O)N4)cs2)n(C)n1. The average Bonchev–Trinajstić information content (AvgIpc) is 3.20. The fourth-order valence-electron chi connectivity index (χ4n) is 2.99. The van der Waals surface area contributed by atoms with E-state index < -0.39 is 0 Å². The number of benzene rings is 1. The summed E-state index contributed by atoms with van der Waals surface area (Å²) in [6, 6.07) is 7.61. The van der Waals surface area contributed by atoms with E-state index in [0.717, 1.165) is 34.6 Å². The number of nitrogens with one attached hydrogen (secondary N) is 2. The molecule has 0 atom stereocenters. The molecule has 26 heavy (non-hydrogen) atoms. The predicted molar refractivity (Wildman–Crippen MR) is 100 cm³/mol. The number of aryl methyl sites for hydroxylation is 3. The summed E-state index contributed by atoms with van der Waals surface area (Å²) in [5.74, 6) is -0.184. The minimum Gasteiger partial charge on any atom is -0.326 e. The van der Waals surface area contributed by atoms with Gasteiger partial charge in [0, 0.05) is 30.1 Å². The highest BCUT2D eigenvalue weighted by atomic mass is 32.1. The lowest BCUT2D eigenvalue weighted by molar-refractivity contribution is -0.116. The number of thiazole rings is 1. The Hall–Kier alpha value is -3.00. The summed E-state index contributed by atoms with van der Waals surface area (Å²) in [5, 5.41) is 12.3. The van der Waals surface area contributed by atoms with Crippen molar-refractivity contribution in [1.82, 2.24) is 14.8 Å². The Labute approximate surface area is 154 Å². The molecule has 0 unspecified atom stereocenters. The van der Waals surface area contributed by atoms with Gasteiger partial charge < -0.3 is 5.32 Å². The number of fused-ring (bicyclic) bond motifs is 1. The zero-order valence-electron chi connectivity index (χ0n) is 14.4. The van der Waals surface area contributed by atoms with E-state index in [1.54, 1.807) is 17.8 Å². The Morgan fingerprint density at radius 2 is 2.15 bits per heavy atom. The molecular weight excluding hydrogens is 350 g/mol. The number of rotatable bonds is 3. The Balaban J connectivity index is 1.54. The third-order valence-electron chi connectivity index (χ3n) is 4.26. The van der Waals surface area contributed by atoms with Crippen molar-refractivity contribution < 1.29 is 9.59 Å². The molecule has 1 aromatic carbocycles. The van der Waals surface area contributed by atoms with Gasteiger partial charge in [0.2, 0.25) is 5.91 Å². The van der Waals surface area contributed by atoms with Gasteiger partial charge in [-0.15, -0.1) is 11.3 Å². The number of hydrogen-bond acceptors (Lipinski definition) is 5. The fourth-order valence-corrected chi connectivity index (χ4v) is 3.71. The van der Waals surface area contributed by atoms with Crippen molar-refractivity contribution in [3.8, 4) is 11.3 Å². The van der Waals surface area contributed by atoms with E-state index >= 15 is 0 Å². The topological polar surface area (TPSA) is 88.9 Å². The van der Waals surface area contributed by atoms with Crippen molar-refractivity contribution in [1.29, 1.82) is 0 Å². The first-order valence-electron chi connectivity index (χ1n) is 8.20. The Morgan fingerprint density at radius 3 is 2.92 bits per heavy atom. The van der Waals surface area contributed by atoms with Crippen LogP contribution >= 0.6 is 11.3 Å². The largest absolute Gasteiger partial charge is 0.326 e. The molecule has 2 N–H and O–H groups in total. The minimum atomic E-state index is -0.234. The molecular formula is C18H17N5O2S. The summed E-state index contributed by atoms with van der Waals surface area (Å²) in [6.07, 6.45) is 1.22. The average molecular weight is 367 g/mol. The maximum absolute atomic E-state index is 12.4. The molecule has 7 nitrogen and oxygen atoms in total. The number of amides is 2. The quantitative estimate of drug-likeness (QED) is 0.745. The van der Waals surface area contributed by atoms with E-state index in [1.165, 1.54) is 11.3 Å². The summed E-state index contributed by atoms with van der Waals surface area (Å²) in [5.41, 5.74) is 5.01. The van der Waals surface area contributed by atoms with Crippen LogP contribution in [0.25, 0.3) is 11.3 Å². The van der Waals surface area contributed by atoms with Gasteiger partial charge in [0.15, 0.2) is 5.13 Å². The van der Waals surface area contributed by atoms with Gasteiger partial charge in [-0.2, -0.15) is 5.10 Å². The van der Waals surface area contributed by atoms with Gasteiger partial charge in [0.25, 0.3) is 5.91 Å². The molecule has 132 valence electrons. The second kappa shape index (κ2) is 6.38. The molecule has 0 saturated heterocycles. The maximum Gasteiger partial charge on any atom is 0.275 e. The highest BCUT2D eigenvalue weighted by Gasteiger charge is 2.17. The lowest BCUT2D eigenvalue weighted by Gasteiger charge is -2.17. The van der Waals surface area contributed by atoms with Crippen LogP contribution in [0.5, 0.6) is 0 Å². The van der Waals surface area contributed by atoms with Crippen LogP contribution in [0.3, 0.4) is 0 Å². The summed E-state index contributed by atoms with van der Waals surface area (Å²) in [6.45, 7) is 1.84. The molecule has 3 heterocycles. The summed E-state index contributed by atoms with van der Waals surface area (Å²) >= 11 is 1.38. The first-order chi connectivity index (χ1) is 12.5. The number of hydrogen-bond donors (Lipinski definition) is 2. The van der Waals surface area contributed by atoms with E-state index in [2.05, 4.69) is 20.7 Å². The molecule has 2 amide bonds. The van der Waals surface area contributed by atoms with Crippen LogP contribution < -0.4 is 10.6 Å². The van der Waals surface area contributed by atoms with Gasteiger partial charge in [-0.25, -0.2) is 4.98 Å². The van der Waals surface area contributed by atoms with Crippen molar-refractivity contribution in [2.24, 2.45) is 7.05 Å². The van der Waals surface area contributed by atoms with Gasteiger partial charge >= 0.3 is 0 Å². The monoisotopic (exact) mass is 367 g/mol. The van der Waals surface area contributed by atoms with Gasteiger partial charge in [-0.1, -0.05) is 6.07 Å². The lowest BCUT2D eigenvalue weighted by Crippen LogP contribution is -2.18. The van der Waals surface area contributed by atoms with E-state index in [9.17, 15) is 9.59 Å². The number of aromatic nitrogens is 3. The van der Waals surface area contributed by atoms with Crippen molar-refractivity contribution in [2.45, 2.75) is 19.8 Å². The highest BCUT2D eigenvalue weighted by Crippen LogP contribution is 2.30. The summed E-state index contributed by atoms with van der Waals surface area (Å²) in [7, 11) is 1.74. The predicted octanol–water partition coefficient (Wildman–Crippen LogP) is 2.99. The molecule has 0 radical (unpaired) electrons. The van der Waals surface area contributed by atoms with Crippen LogP contribution in [-0.2, 0) is 18.3 Å². The number of nitrogens with zero attached hydrogens (tertiary/aromatic N) is 3. The molecule has 2 aromatic heterocycles. The van der Waals surface area contributed by atoms with Gasteiger partial charge in [0.05, 0.1) is 11.4 Å². The number of carbonyl (C=O) groups excluding carboxylic acids is 2. The zero-order chi connectivity index (χ0) is 18.3. The normalized spacial score (nSPS) is 13.2. The minimum absolute atomic E-state index is 0.0503. The molecule has 1 aliphatic rings. The zero-order valence-corrected chi connectivity index (χ0v) is 15.2. The second-order valence-corrected chi connectivity index (χ2v) is 7.06. The van der Waals surface area contributed by atoms with E-state index in [0.29, 0.717) is 17.2 Å². The van der Waals surface area contributed by atoms with Crippen LogP contribution in [0.2, 0.25) is 0 Å². The van der Waals surface area contributed by atoms with Crippen molar-refractivity contribution in [2.75, 3.05) is 10.6 Å². The van der Waals surface area contributed by atoms with Crippen LogP contribution in [0.1, 0.15) is 28.2 Å². The van der Waals surface area contributed by atoms with Crippen molar-refractivity contribution in [3.63, 3.8) is 0 Å². The van der Waals surface area contributed by atoms with Crippen molar-refractivity contribution >= 4 is 34.0 Å². The molecule has 0 spiro atoms. The molecule has 0 saturated carbocycles. The van der Waals surface area contributed by atoms with Crippen LogP contribution in [0.4, 0.5) is 10.8 Å². The lowest BCUT2D eigenvalue weighted by atomic mass is 9.99. The van der Waals surface area contributed by atoms with Crippen LogP contribution in [0, 0.1) is 6.92 Å². The molecule has 8 heteroatoms. The van der Waals surface area contributed by atoms with E-state index in [4.69, 9.17) is 0 Å². The van der Waals surface area contributed by atoms with E-state index in [1.807, 2.05) is 30.5 Å². The van der Waals surface area contributed by atoms with Crippen molar-refractivity contribution in [3.05, 3.63) is 46.6 Å². The standard InChI is InChI=1S/C18H17N5O2S/c1-10-7-15(23(2)22-10)17(25)21-18-20-14(9-26-18)12-3-5-13-11(8-12)4-6-16(24)19-13/h3,5,7-9H,4,6H2,1-2H3,(H,19,24)(H,20,21,25). The third-order valence-corrected chi connectivity index (χ3v) is 5.01. The first-order valence-corrected chi connectivity index (χ1v) is 9.08. The number of anilines is 2. The smallest absolute Gasteiger partial charge is 0.275 e. The number of carbonyl (C=O) groups is 2. The van der Waals surface area contributed by atoms with E-state index in [-0.39, 0.29) is 11.8 Å². The Kier molecular flexibility index (Phi) is 4.04. The molecule has 0 bridgehead atoms. The summed E-state index contributed by atoms with van der Waals surface area (Å²) in [4.78, 5) is 28.3. The fraction of sp³-hybridized carbons (Fsp3) is 0.222. The Bertz CT molecular complexity index is 1020. The Morgan fingerprint density at radius 1 is 1.31 bits per heavy atom. The molecule has 0 aliphatic carbocycles. The summed E-state index contributed by atoms with van der Waals surface area (Å²) < 4.78 is 1.55. The van der Waals surface area contributed by atoms with Gasteiger partial charge in [0.1, 0.15) is 5.69 Å². The molecule has 4 rings (SSSR count). The maximum atomic E-state index is 12.4. The molecule has 3 aromatic rings. The molecule has 0 fully saturated rings. The third kappa shape index (κ3) is 3.11. The van der Waals surface area contributed by atoms with Crippen LogP contribution in [-0.4, -0.2) is 26.6 Å². The van der Waals surface area contributed by atoms with Crippen LogP contribution in [0.15, 0.2) is 29.6 Å². The highest BCUT2D eigenvalue weighted by molar-refractivity contribution is 7.14.